The van der Waals surface area contributed by atoms with Gasteiger partial charge in [0.15, 0.2) is 0 Å². The summed E-state index contributed by atoms with van der Waals surface area (Å²) in [5, 5.41) is 0. The van der Waals surface area contributed by atoms with Gasteiger partial charge in [-0.05, 0) is 12.8 Å². The molecule has 0 aromatic rings. The van der Waals surface area contributed by atoms with E-state index in [0.29, 0.717) is 0 Å². The van der Waals surface area contributed by atoms with Crippen molar-refractivity contribution in [2.45, 2.75) is 55.4 Å². The van der Waals surface area contributed by atoms with Crippen LogP contribution in [0.5, 0.6) is 0 Å². The maximum absolute atomic E-state index is 4.60. The first-order chi connectivity index (χ1) is 5.15. The van der Waals surface area contributed by atoms with Gasteiger partial charge < -0.3 is 0 Å². The average Bonchev–Trinajstić information content (AvgIpc) is 1.96. The summed E-state index contributed by atoms with van der Waals surface area (Å²) in [4.78, 5) is 0. The van der Waals surface area contributed by atoms with E-state index in [4.69, 9.17) is 0 Å². The molecular weight excluding hydrogens is 132 g/mol. The van der Waals surface area contributed by atoms with E-state index < -0.39 is 0 Å². The Morgan fingerprint density at radius 2 is 0.909 bits per heavy atom. The molecule has 0 spiro atoms. The van der Waals surface area contributed by atoms with Crippen LogP contribution in [0.2, 0.25) is 0 Å². The molecule has 70 valence electrons. The quantitative estimate of drug-likeness (QED) is 0.460. The van der Waals surface area contributed by atoms with Gasteiger partial charge in [-0.3, -0.25) is 0 Å². The van der Waals surface area contributed by atoms with Crippen molar-refractivity contribution in [3.8, 4) is 12.3 Å². The van der Waals surface area contributed by atoms with Crippen molar-refractivity contribution in [2.24, 2.45) is 5.92 Å². The topological polar surface area (TPSA) is 0 Å². The molecule has 0 aliphatic carbocycles. The summed E-state index contributed by atoms with van der Waals surface area (Å²) in [6.07, 6.45) is 4.60. The van der Waals surface area contributed by atoms with Gasteiger partial charge in [0.05, 0.1) is 0 Å². The molecule has 11 heavy (non-hydrogen) atoms. The first-order valence-electron chi connectivity index (χ1n) is 4.52. The minimum absolute atomic E-state index is 0.833. The highest BCUT2D eigenvalue weighted by molar-refractivity contribution is 4.73. The van der Waals surface area contributed by atoms with Crippen LogP contribution in [0, 0.1) is 18.3 Å². The zero-order chi connectivity index (χ0) is 10.3. The monoisotopic (exact) mass is 158 g/mol. The van der Waals surface area contributed by atoms with Gasteiger partial charge in [0.1, 0.15) is 0 Å². The normalized spacial score (nSPS) is 5.09. The summed E-state index contributed by atoms with van der Waals surface area (Å²) in [6, 6.07) is 0. The summed E-state index contributed by atoms with van der Waals surface area (Å²) >= 11 is 0. The molecule has 0 unspecified atom stereocenters. The maximum atomic E-state index is 4.60. The summed E-state index contributed by atoms with van der Waals surface area (Å²) in [7, 11) is 0. The molecule has 0 aromatic heterocycles. The van der Waals surface area contributed by atoms with Crippen LogP contribution in [-0.4, -0.2) is 0 Å². The van der Waals surface area contributed by atoms with Gasteiger partial charge in [-0.2, -0.15) is 0 Å². The van der Waals surface area contributed by atoms with E-state index in [1.54, 1.807) is 6.92 Å². The Hall–Kier alpha value is -0.440. The Kier molecular flexibility index (Phi) is 113. The molecule has 0 amide bonds. The molecule has 0 radical (unpaired) electrons. The predicted molar refractivity (Wildman–Crippen MR) is 57.7 cm³/mol. The van der Waals surface area contributed by atoms with E-state index in [0.717, 1.165) is 5.92 Å². The van der Waals surface area contributed by atoms with E-state index in [1.165, 1.54) is 0 Å². The third-order valence-electron chi connectivity index (χ3n) is 0. The van der Waals surface area contributed by atoms with E-state index >= 15 is 0 Å². The van der Waals surface area contributed by atoms with Crippen LogP contribution in [0.25, 0.3) is 0 Å². The lowest BCUT2D eigenvalue weighted by Gasteiger charge is -1.79. The lowest BCUT2D eigenvalue weighted by molar-refractivity contribution is 0.737. The Bertz CT molecular complexity index is 42.8. The third-order valence-corrected chi connectivity index (χ3v) is 0. The molecule has 0 bridgehead atoms. The van der Waals surface area contributed by atoms with Gasteiger partial charge in [-0.15, -0.1) is 12.3 Å². The molecule has 0 heteroatoms. The molecular formula is C11H26. The van der Waals surface area contributed by atoms with Crippen molar-refractivity contribution in [2.75, 3.05) is 0 Å². The second-order valence-electron chi connectivity index (χ2n) is 2.02. The van der Waals surface area contributed by atoms with Gasteiger partial charge in [0, 0.05) is 0 Å². The van der Waals surface area contributed by atoms with Crippen molar-refractivity contribution in [1.82, 2.24) is 0 Å². The Labute approximate surface area is 74.4 Å². The molecule has 0 aromatic carbocycles. The third kappa shape index (κ3) is 2820. The molecule has 0 nitrogen and oxygen atoms in total. The molecule has 0 saturated carbocycles. The smallest absolute Gasteiger partial charge is 0.00297 e. The van der Waals surface area contributed by atoms with Gasteiger partial charge in [-0.25, -0.2) is 0 Å². The van der Waals surface area contributed by atoms with Crippen molar-refractivity contribution in [3.05, 3.63) is 0 Å². The molecule has 0 aliphatic rings. The van der Waals surface area contributed by atoms with Gasteiger partial charge >= 0.3 is 0 Å². The lowest BCUT2D eigenvalue weighted by Crippen LogP contribution is -1.66. The summed E-state index contributed by atoms with van der Waals surface area (Å²) in [5.74, 6) is 3.08. The maximum Gasteiger partial charge on any atom is -0.00297 e. The highest BCUT2D eigenvalue weighted by Crippen LogP contribution is 1.81. The molecule has 0 rings (SSSR count). The van der Waals surface area contributed by atoms with Crippen LogP contribution < -0.4 is 0 Å². The van der Waals surface area contributed by atoms with Crippen LogP contribution in [0.4, 0.5) is 0 Å². The fourth-order valence-electron chi connectivity index (χ4n) is 0. The number of hydrogen-bond donors (Lipinski definition) is 0. The first kappa shape index (κ1) is 22.4. The second kappa shape index (κ2) is 55.3. The fraction of sp³-hybridized carbons (Fsp3) is 0.818. The van der Waals surface area contributed by atoms with E-state index in [9.17, 15) is 0 Å². The molecule has 0 aliphatic heterocycles. The Morgan fingerprint density at radius 3 is 0.909 bits per heavy atom. The predicted octanol–water partition coefficient (Wildman–Crippen LogP) is 4.35. The number of terminal acetylenes is 1. The molecule has 0 atom stereocenters. The van der Waals surface area contributed by atoms with Gasteiger partial charge in [0.25, 0.3) is 0 Å². The van der Waals surface area contributed by atoms with Crippen LogP contribution >= 0.6 is 0 Å². The molecule has 0 saturated heterocycles. The van der Waals surface area contributed by atoms with Crippen LogP contribution in [0.1, 0.15) is 55.4 Å². The zero-order valence-corrected chi connectivity index (χ0v) is 9.65. The highest BCUT2D eigenvalue weighted by atomic mass is 13.7. The van der Waals surface area contributed by atoms with E-state index in [2.05, 4.69) is 33.1 Å². The minimum Gasteiger partial charge on any atom is -0.120 e. The zero-order valence-electron chi connectivity index (χ0n) is 9.65. The van der Waals surface area contributed by atoms with Crippen molar-refractivity contribution < 1.29 is 0 Å². The summed E-state index contributed by atoms with van der Waals surface area (Å²) in [6.45, 7) is 16.2. The molecule has 0 fully saturated rings. The minimum atomic E-state index is 0.833. The largest absolute Gasteiger partial charge is 0.120 e. The molecule has 0 heterocycles. The van der Waals surface area contributed by atoms with E-state index in [1.807, 2.05) is 27.7 Å². The van der Waals surface area contributed by atoms with Crippen LogP contribution in [0.15, 0.2) is 0 Å². The van der Waals surface area contributed by atoms with E-state index in [-0.39, 0.29) is 0 Å². The Morgan fingerprint density at radius 1 is 0.909 bits per heavy atom. The SMILES string of the molecule is C#CC.CC.CC.CC(C)C. The lowest BCUT2D eigenvalue weighted by atomic mass is 10.3. The number of hydrogen-bond acceptors (Lipinski definition) is 0. The second-order valence-corrected chi connectivity index (χ2v) is 2.02. The number of rotatable bonds is 0. The van der Waals surface area contributed by atoms with Crippen LogP contribution in [-0.2, 0) is 0 Å². The Balaban J connectivity index is -0.0000000315. The molecule has 0 N–H and O–H groups in total. The van der Waals surface area contributed by atoms with Crippen molar-refractivity contribution >= 4 is 0 Å². The fourth-order valence-corrected chi connectivity index (χ4v) is 0. The van der Waals surface area contributed by atoms with Gasteiger partial charge in [-0.1, -0.05) is 48.5 Å². The van der Waals surface area contributed by atoms with Crippen molar-refractivity contribution in [1.29, 1.82) is 0 Å². The summed E-state index contributed by atoms with van der Waals surface area (Å²) < 4.78 is 0. The summed E-state index contributed by atoms with van der Waals surface area (Å²) in [5.41, 5.74) is 0. The van der Waals surface area contributed by atoms with Crippen molar-refractivity contribution in [3.63, 3.8) is 0 Å². The van der Waals surface area contributed by atoms with Crippen LogP contribution in [0.3, 0.4) is 0 Å². The average molecular weight is 158 g/mol. The first-order valence-corrected chi connectivity index (χ1v) is 4.52. The standard InChI is InChI=1S/C4H10.C3H4.2C2H6/c1-4(2)3;1-3-2;2*1-2/h4H,1-3H3;1H,2H3;2*1-2H3. The highest BCUT2D eigenvalue weighted by Gasteiger charge is 1.68. The van der Waals surface area contributed by atoms with Gasteiger partial charge in [0.2, 0.25) is 0 Å².